The molecule has 0 atom stereocenters. The van der Waals surface area contributed by atoms with E-state index in [2.05, 4.69) is 58.2 Å². The standard InChI is InChI=1S/C15H23BrN2/c1-11(2)18(10-12-4-5-12)14-7-6-13(9-17-3)15(16)8-14/h6-8,11-12,17H,4-5,9-10H2,1-3H3. The first-order valence-electron chi connectivity index (χ1n) is 6.81. The Hall–Kier alpha value is -0.540. The number of nitrogens with one attached hydrogen (secondary N) is 1. The lowest BCUT2D eigenvalue weighted by atomic mass is 10.1. The second-order valence-electron chi connectivity index (χ2n) is 5.50. The third-order valence-corrected chi connectivity index (χ3v) is 4.25. The highest BCUT2D eigenvalue weighted by Gasteiger charge is 2.25. The van der Waals surface area contributed by atoms with Crippen LogP contribution in [0.2, 0.25) is 0 Å². The predicted molar refractivity (Wildman–Crippen MR) is 82.1 cm³/mol. The van der Waals surface area contributed by atoms with Gasteiger partial charge >= 0.3 is 0 Å². The molecule has 1 N–H and O–H groups in total. The summed E-state index contributed by atoms with van der Waals surface area (Å²) in [5, 5.41) is 3.19. The molecule has 1 aromatic rings. The number of benzene rings is 1. The fourth-order valence-electron chi connectivity index (χ4n) is 2.24. The topological polar surface area (TPSA) is 15.3 Å². The number of nitrogens with zero attached hydrogens (tertiary/aromatic N) is 1. The Kier molecular flexibility index (Phi) is 4.68. The molecule has 0 saturated heterocycles. The van der Waals surface area contributed by atoms with Gasteiger partial charge in [0, 0.05) is 29.3 Å². The van der Waals surface area contributed by atoms with Gasteiger partial charge in [-0.05, 0) is 57.4 Å². The zero-order valence-corrected chi connectivity index (χ0v) is 13.1. The van der Waals surface area contributed by atoms with Gasteiger partial charge in [-0.2, -0.15) is 0 Å². The summed E-state index contributed by atoms with van der Waals surface area (Å²) in [4.78, 5) is 2.52. The van der Waals surface area contributed by atoms with Crippen LogP contribution in [-0.2, 0) is 6.54 Å². The average Bonchev–Trinajstić information content (AvgIpc) is 3.12. The molecule has 1 aliphatic carbocycles. The van der Waals surface area contributed by atoms with Crippen molar-refractivity contribution in [3.63, 3.8) is 0 Å². The summed E-state index contributed by atoms with van der Waals surface area (Å²) in [5.74, 6) is 0.920. The largest absolute Gasteiger partial charge is 0.369 e. The normalized spacial score (nSPS) is 15.2. The lowest BCUT2D eigenvalue weighted by Gasteiger charge is -2.29. The molecule has 0 aromatic heterocycles. The second kappa shape index (κ2) is 6.07. The van der Waals surface area contributed by atoms with Crippen LogP contribution in [0.5, 0.6) is 0 Å². The summed E-state index contributed by atoms with van der Waals surface area (Å²) in [5.41, 5.74) is 2.65. The van der Waals surface area contributed by atoms with E-state index >= 15 is 0 Å². The minimum Gasteiger partial charge on any atom is -0.369 e. The van der Waals surface area contributed by atoms with E-state index in [0.29, 0.717) is 6.04 Å². The maximum atomic E-state index is 3.68. The minimum atomic E-state index is 0.563. The summed E-state index contributed by atoms with van der Waals surface area (Å²) in [6.45, 7) is 6.66. The molecule has 1 aromatic carbocycles. The molecular weight excluding hydrogens is 288 g/mol. The van der Waals surface area contributed by atoms with Gasteiger partial charge in [0.2, 0.25) is 0 Å². The highest BCUT2D eigenvalue weighted by atomic mass is 79.9. The smallest absolute Gasteiger partial charge is 0.0380 e. The molecule has 0 amide bonds. The van der Waals surface area contributed by atoms with Crippen molar-refractivity contribution >= 4 is 21.6 Å². The molecule has 100 valence electrons. The Morgan fingerprint density at radius 1 is 1.39 bits per heavy atom. The predicted octanol–water partition coefficient (Wildman–Crippen LogP) is 3.79. The number of rotatable bonds is 6. The third kappa shape index (κ3) is 3.48. The van der Waals surface area contributed by atoms with Crippen molar-refractivity contribution in [2.75, 3.05) is 18.5 Å². The molecular formula is C15H23BrN2. The van der Waals surface area contributed by atoms with Crippen molar-refractivity contribution in [1.29, 1.82) is 0 Å². The van der Waals surface area contributed by atoms with Gasteiger partial charge in [0.25, 0.3) is 0 Å². The molecule has 0 unspecified atom stereocenters. The zero-order chi connectivity index (χ0) is 13.1. The average molecular weight is 311 g/mol. The van der Waals surface area contributed by atoms with Crippen molar-refractivity contribution in [3.8, 4) is 0 Å². The van der Waals surface area contributed by atoms with E-state index in [9.17, 15) is 0 Å². The Balaban J connectivity index is 2.16. The Bertz CT molecular complexity index is 399. The summed E-state index contributed by atoms with van der Waals surface area (Å²) in [6, 6.07) is 7.29. The van der Waals surface area contributed by atoms with Gasteiger partial charge in [-0.25, -0.2) is 0 Å². The summed E-state index contributed by atoms with van der Waals surface area (Å²) in [6.07, 6.45) is 2.81. The molecule has 3 heteroatoms. The van der Waals surface area contributed by atoms with Crippen LogP contribution in [0.1, 0.15) is 32.3 Å². The summed E-state index contributed by atoms with van der Waals surface area (Å²) < 4.78 is 1.20. The first-order valence-corrected chi connectivity index (χ1v) is 7.60. The zero-order valence-electron chi connectivity index (χ0n) is 11.5. The maximum absolute atomic E-state index is 3.68. The molecule has 0 spiro atoms. The van der Waals surface area contributed by atoms with Gasteiger partial charge in [-0.1, -0.05) is 22.0 Å². The Labute approximate surface area is 119 Å². The lowest BCUT2D eigenvalue weighted by Crippen LogP contribution is -2.32. The van der Waals surface area contributed by atoms with Crippen molar-refractivity contribution in [3.05, 3.63) is 28.2 Å². The van der Waals surface area contributed by atoms with Crippen molar-refractivity contribution in [2.24, 2.45) is 5.92 Å². The van der Waals surface area contributed by atoms with Crippen LogP contribution in [0.4, 0.5) is 5.69 Å². The molecule has 0 radical (unpaired) electrons. The van der Waals surface area contributed by atoms with Crippen molar-refractivity contribution < 1.29 is 0 Å². The van der Waals surface area contributed by atoms with Crippen LogP contribution in [0.25, 0.3) is 0 Å². The first-order chi connectivity index (χ1) is 8.61. The van der Waals surface area contributed by atoms with Crippen LogP contribution in [-0.4, -0.2) is 19.6 Å². The number of hydrogen-bond acceptors (Lipinski definition) is 2. The Morgan fingerprint density at radius 2 is 2.11 bits per heavy atom. The van der Waals surface area contributed by atoms with Crippen LogP contribution in [0, 0.1) is 5.92 Å². The molecule has 1 saturated carbocycles. The number of hydrogen-bond donors (Lipinski definition) is 1. The van der Waals surface area contributed by atoms with Crippen molar-refractivity contribution in [2.45, 2.75) is 39.3 Å². The van der Waals surface area contributed by atoms with E-state index < -0.39 is 0 Å². The second-order valence-corrected chi connectivity index (χ2v) is 6.35. The number of halogens is 1. The molecule has 18 heavy (non-hydrogen) atoms. The van der Waals surface area contributed by atoms with E-state index in [0.717, 1.165) is 12.5 Å². The molecule has 0 aliphatic heterocycles. The maximum Gasteiger partial charge on any atom is 0.0380 e. The van der Waals surface area contributed by atoms with Gasteiger partial charge in [0.05, 0.1) is 0 Å². The van der Waals surface area contributed by atoms with Crippen molar-refractivity contribution in [1.82, 2.24) is 5.32 Å². The monoisotopic (exact) mass is 310 g/mol. The minimum absolute atomic E-state index is 0.563. The Morgan fingerprint density at radius 3 is 2.61 bits per heavy atom. The SMILES string of the molecule is CNCc1ccc(N(CC2CC2)C(C)C)cc1Br. The van der Waals surface area contributed by atoms with Gasteiger partial charge < -0.3 is 10.2 Å². The van der Waals surface area contributed by atoms with Crippen LogP contribution < -0.4 is 10.2 Å². The van der Waals surface area contributed by atoms with Crippen LogP contribution in [0.15, 0.2) is 22.7 Å². The summed E-state index contributed by atoms with van der Waals surface area (Å²) in [7, 11) is 1.98. The van der Waals surface area contributed by atoms with E-state index in [4.69, 9.17) is 0 Å². The molecule has 1 fully saturated rings. The summed E-state index contributed by atoms with van der Waals surface area (Å²) >= 11 is 3.68. The van der Waals surface area contributed by atoms with E-state index in [-0.39, 0.29) is 0 Å². The highest BCUT2D eigenvalue weighted by molar-refractivity contribution is 9.10. The first kappa shape index (κ1) is 13.9. The van der Waals surface area contributed by atoms with E-state index in [1.165, 1.54) is 35.1 Å². The van der Waals surface area contributed by atoms with Gasteiger partial charge in [-0.3, -0.25) is 0 Å². The van der Waals surface area contributed by atoms with Gasteiger partial charge in [0.15, 0.2) is 0 Å². The van der Waals surface area contributed by atoms with Gasteiger partial charge in [0.1, 0.15) is 0 Å². The number of anilines is 1. The van der Waals surface area contributed by atoms with Crippen LogP contribution in [0.3, 0.4) is 0 Å². The molecule has 2 nitrogen and oxygen atoms in total. The van der Waals surface area contributed by atoms with E-state index in [1.807, 2.05) is 7.05 Å². The lowest BCUT2D eigenvalue weighted by molar-refractivity contribution is 0.644. The fraction of sp³-hybridized carbons (Fsp3) is 0.600. The van der Waals surface area contributed by atoms with Gasteiger partial charge in [-0.15, -0.1) is 0 Å². The third-order valence-electron chi connectivity index (χ3n) is 3.51. The quantitative estimate of drug-likeness (QED) is 0.860. The molecule has 2 rings (SSSR count). The van der Waals surface area contributed by atoms with Crippen LogP contribution >= 0.6 is 15.9 Å². The molecule has 0 bridgehead atoms. The molecule has 1 aliphatic rings. The highest BCUT2D eigenvalue weighted by Crippen LogP contribution is 2.33. The molecule has 0 heterocycles. The fourth-order valence-corrected chi connectivity index (χ4v) is 2.75. The van der Waals surface area contributed by atoms with E-state index in [1.54, 1.807) is 0 Å².